The van der Waals surface area contributed by atoms with Crippen molar-refractivity contribution in [3.8, 4) is 17.2 Å². The Morgan fingerprint density at radius 3 is 2.50 bits per heavy atom. The first-order chi connectivity index (χ1) is 17.2. The second-order valence-electron chi connectivity index (χ2n) is 9.25. The smallest absolute Gasteiger partial charge is 0.295 e. The van der Waals surface area contributed by atoms with Gasteiger partial charge in [-0.2, -0.15) is 0 Å². The molecule has 1 unspecified atom stereocenters. The van der Waals surface area contributed by atoms with Crippen LogP contribution in [-0.4, -0.2) is 73.6 Å². The normalized spacial score (nSPS) is 17.2. The van der Waals surface area contributed by atoms with E-state index in [9.17, 15) is 14.7 Å². The lowest BCUT2D eigenvalue weighted by atomic mass is 9.95. The Balaban J connectivity index is 2.16. The zero-order chi connectivity index (χ0) is 26.4. The Labute approximate surface area is 213 Å². The Morgan fingerprint density at radius 2 is 1.86 bits per heavy atom. The third-order valence-electron chi connectivity index (χ3n) is 5.77. The molecule has 0 radical (unpaired) electrons. The average molecular weight is 497 g/mol. The number of likely N-dealkylation sites (tertiary alicyclic amines) is 1. The van der Waals surface area contributed by atoms with Crippen LogP contribution in [0.5, 0.6) is 17.2 Å². The number of nitrogens with zero attached hydrogens (tertiary/aromatic N) is 2. The number of ketones is 1. The number of amides is 1. The molecule has 0 aliphatic carbocycles. The van der Waals surface area contributed by atoms with Gasteiger partial charge in [-0.3, -0.25) is 9.59 Å². The molecule has 1 fully saturated rings. The molecule has 8 nitrogen and oxygen atoms in total. The van der Waals surface area contributed by atoms with Crippen molar-refractivity contribution in [2.45, 2.75) is 39.3 Å². The molecule has 2 aromatic carbocycles. The van der Waals surface area contributed by atoms with E-state index in [0.29, 0.717) is 48.1 Å². The third kappa shape index (κ3) is 5.99. The van der Waals surface area contributed by atoms with Crippen molar-refractivity contribution in [1.82, 2.24) is 9.80 Å². The van der Waals surface area contributed by atoms with E-state index in [1.165, 1.54) is 4.90 Å². The van der Waals surface area contributed by atoms with Crippen LogP contribution in [0.4, 0.5) is 0 Å². The number of hydrogen-bond acceptors (Lipinski definition) is 7. The predicted molar refractivity (Wildman–Crippen MR) is 139 cm³/mol. The quantitative estimate of drug-likeness (QED) is 0.283. The van der Waals surface area contributed by atoms with Gasteiger partial charge in [-0.15, -0.1) is 0 Å². The molecule has 1 aliphatic heterocycles. The minimum atomic E-state index is -0.783. The van der Waals surface area contributed by atoms with Crippen LogP contribution in [0.25, 0.3) is 5.76 Å². The summed E-state index contributed by atoms with van der Waals surface area (Å²) < 4.78 is 17.1. The minimum Gasteiger partial charge on any atom is -0.507 e. The zero-order valence-corrected chi connectivity index (χ0v) is 21.9. The Hall–Kier alpha value is -3.52. The van der Waals surface area contributed by atoms with Crippen LogP contribution in [0.1, 0.15) is 44.4 Å². The second-order valence-corrected chi connectivity index (χ2v) is 9.25. The molecule has 0 bridgehead atoms. The summed E-state index contributed by atoms with van der Waals surface area (Å²) in [5.41, 5.74) is 1.09. The van der Waals surface area contributed by atoms with Crippen molar-refractivity contribution in [2.24, 2.45) is 0 Å². The standard InChI is InChI=1S/C28H36N2O6/c1-7-15-35-23-17-19(11-12-22(23)34-6)25-24(27(32)28(33)30(25)14-13-29(4)5)26(31)20-9-8-10-21(16-20)36-18(2)3/h8-12,16-18,25,31H,7,13-15H2,1-6H3/b26-24-. The number of rotatable bonds is 11. The van der Waals surface area contributed by atoms with E-state index >= 15 is 0 Å². The summed E-state index contributed by atoms with van der Waals surface area (Å²) in [5, 5.41) is 11.4. The largest absolute Gasteiger partial charge is 0.507 e. The maximum atomic E-state index is 13.3. The van der Waals surface area contributed by atoms with Gasteiger partial charge in [-0.05, 0) is 64.2 Å². The molecule has 1 N–H and O–H groups in total. The number of hydrogen-bond donors (Lipinski definition) is 1. The zero-order valence-electron chi connectivity index (χ0n) is 21.9. The number of likely N-dealkylation sites (N-methyl/N-ethyl adjacent to an activating group) is 1. The number of aliphatic hydroxyl groups is 1. The van der Waals surface area contributed by atoms with Gasteiger partial charge in [0.05, 0.1) is 31.4 Å². The Kier molecular flexibility index (Phi) is 8.98. The average Bonchev–Trinajstić information content (AvgIpc) is 3.10. The predicted octanol–water partition coefficient (Wildman–Crippen LogP) is 4.25. The lowest BCUT2D eigenvalue weighted by Gasteiger charge is -2.27. The van der Waals surface area contributed by atoms with Crippen LogP contribution < -0.4 is 14.2 Å². The van der Waals surface area contributed by atoms with Gasteiger partial charge in [-0.25, -0.2) is 0 Å². The van der Waals surface area contributed by atoms with Crippen molar-refractivity contribution < 1.29 is 28.9 Å². The van der Waals surface area contributed by atoms with E-state index in [0.717, 1.165) is 6.42 Å². The summed E-state index contributed by atoms with van der Waals surface area (Å²) in [6.07, 6.45) is 0.753. The summed E-state index contributed by atoms with van der Waals surface area (Å²) in [5.74, 6) is 0.0142. The summed E-state index contributed by atoms with van der Waals surface area (Å²) in [6, 6.07) is 11.4. The highest BCUT2D eigenvalue weighted by atomic mass is 16.5. The van der Waals surface area contributed by atoms with Crippen LogP contribution in [0.15, 0.2) is 48.0 Å². The van der Waals surface area contributed by atoms with Gasteiger partial charge < -0.3 is 29.1 Å². The Morgan fingerprint density at radius 1 is 1.11 bits per heavy atom. The number of ether oxygens (including phenoxy) is 3. The Bertz CT molecular complexity index is 1120. The van der Waals surface area contributed by atoms with Crippen molar-refractivity contribution in [1.29, 1.82) is 0 Å². The van der Waals surface area contributed by atoms with Crippen molar-refractivity contribution in [3.63, 3.8) is 0 Å². The van der Waals surface area contributed by atoms with E-state index in [1.54, 1.807) is 49.6 Å². The van der Waals surface area contributed by atoms with Crippen LogP contribution in [0, 0.1) is 0 Å². The van der Waals surface area contributed by atoms with E-state index < -0.39 is 17.7 Å². The molecule has 1 amide bonds. The van der Waals surface area contributed by atoms with Crippen LogP contribution in [-0.2, 0) is 9.59 Å². The van der Waals surface area contributed by atoms with Gasteiger partial charge in [-0.1, -0.05) is 25.1 Å². The highest BCUT2D eigenvalue weighted by Gasteiger charge is 2.46. The van der Waals surface area contributed by atoms with Gasteiger partial charge >= 0.3 is 0 Å². The molecule has 2 aromatic rings. The molecule has 1 saturated heterocycles. The van der Waals surface area contributed by atoms with Gasteiger partial charge in [0, 0.05) is 18.7 Å². The van der Waals surface area contributed by atoms with E-state index in [4.69, 9.17) is 14.2 Å². The highest BCUT2D eigenvalue weighted by Crippen LogP contribution is 2.42. The van der Waals surface area contributed by atoms with Crippen LogP contribution in [0.2, 0.25) is 0 Å². The van der Waals surface area contributed by atoms with Crippen LogP contribution in [0.3, 0.4) is 0 Å². The maximum absolute atomic E-state index is 13.3. The van der Waals surface area contributed by atoms with Crippen molar-refractivity contribution in [3.05, 3.63) is 59.2 Å². The molecule has 8 heteroatoms. The van der Waals surface area contributed by atoms with Gasteiger partial charge in [0.2, 0.25) is 0 Å². The maximum Gasteiger partial charge on any atom is 0.295 e. The molecule has 36 heavy (non-hydrogen) atoms. The number of carbonyl (C=O) groups excluding carboxylic acids is 2. The lowest BCUT2D eigenvalue weighted by molar-refractivity contribution is -0.140. The molecule has 0 saturated carbocycles. The second kappa shape index (κ2) is 11.9. The molecular formula is C28H36N2O6. The number of Topliss-reactive ketones (excluding diaryl/α,β-unsaturated/α-hetero) is 1. The van der Waals surface area contributed by atoms with E-state index in [-0.39, 0.29) is 17.4 Å². The summed E-state index contributed by atoms with van der Waals surface area (Å²) in [6.45, 7) is 7.17. The first-order valence-electron chi connectivity index (χ1n) is 12.2. The topological polar surface area (TPSA) is 88.5 Å². The SMILES string of the molecule is CCCOc1cc(C2/C(=C(/O)c3cccc(OC(C)C)c3)C(=O)C(=O)N2CCN(C)C)ccc1OC. The number of aliphatic hydroxyl groups excluding tert-OH is 1. The number of benzene rings is 2. The fourth-order valence-corrected chi connectivity index (χ4v) is 4.10. The summed E-state index contributed by atoms with van der Waals surface area (Å²) in [4.78, 5) is 29.9. The fraction of sp³-hybridized carbons (Fsp3) is 0.429. The van der Waals surface area contributed by atoms with E-state index in [2.05, 4.69) is 0 Å². The van der Waals surface area contributed by atoms with Gasteiger partial charge in [0.25, 0.3) is 11.7 Å². The monoisotopic (exact) mass is 496 g/mol. The highest BCUT2D eigenvalue weighted by molar-refractivity contribution is 6.46. The molecule has 3 rings (SSSR count). The molecule has 194 valence electrons. The lowest BCUT2D eigenvalue weighted by Crippen LogP contribution is -2.35. The van der Waals surface area contributed by atoms with Gasteiger partial charge in [0.1, 0.15) is 11.5 Å². The summed E-state index contributed by atoms with van der Waals surface area (Å²) in [7, 11) is 5.36. The summed E-state index contributed by atoms with van der Waals surface area (Å²) >= 11 is 0. The third-order valence-corrected chi connectivity index (χ3v) is 5.77. The van der Waals surface area contributed by atoms with E-state index in [1.807, 2.05) is 39.8 Å². The minimum absolute atomic E-state index is 0.0343. The molecule has 0 spiro atoms. The molecular weight excluding hydrogens is 460 g/mol. The van der Waals surface area contributed by atoms with Crippen molar-refractivity contribution in [2.75, 3.05) is 40.9 Å². The van der Waals surface area contributed by atoms with Gasteiger partial charge in [0.15, 0.2) is 11.5 Å². The van der Waals surface area contributed by atoms with Crippen LogP contribution >= 0.6 is 0 Å². The first kappa shape index (κ1) is 27.1. The molecule has 1 heterocycles. The number of methoxy groups -OCH3 is 1. The number of carbonyl (C=O) groups is 2. The fourth-order valence-electron chi connectivity index (χ4n) is 4.10. The first-order valence-corrected chi connectivity index (χ1v) is 12.2. The molecule has 0 aromatic heterocycles. The molecule has 1 atom stereocenters. The van der Waals surface area contributed by atoms with Crippen molar-refractivity contribution >= 4 is 17.4 Å². The molecule has 1 aliphatic rings.